The third kappa shape index (κ3) is 2.75. The van der Waals surface area contributed by atoms with Gasteiger partial charge in [0, 0.05) is 23.7 Å². The van der Waals surface area contributed by atoms with Gasteiger partial charge in [0.1, 0.15) is 0 Å². The minimum atomic E-state index is -0.353. The molecule has 0 spiro atoms. The Morgan fingerprint density at radius 1 is 1.10 bits per heavy atom. The van der Waals surface area contributed by atoms with Gasteiger partial charge in [-0.1, -0.05) is 25.5 Å². The number of fused-ring (bicyclic) bond motifs is 5. The van der Waals surface area contributed by atoms with Crippen molar-refractivity contribution in [1.29, 1.82) is 0 Å². The van der Waals surface area contributed by atoms with Crippen LogP contribution in [0.2, 0.25) is 0 Å². The number of hydrogen-bond acceptors (Lipinski definition) is 3. The van der Waals surface area contributed by atoms with Crippen molar-refractivity contribution in [2.45, 2.75) is 84.8 Å². The van der Waals surface area contributed by atoms with E-state index >= 15 is 0 Å². The molecule has 0 bridgehead atoms. The third-order valence-electron chi connectivity index (χ3n) is 9.84. The number of rotatable bonds is 1. The molecule has 4 heteroatoms. The Balaban J connectivity index is 1.49. The molecule has 4 nitrogen and oxygen atoms in total. The molecule has 0 radical (unpaired) electrons. The second-order valence-corrected chi connectivity index (χ2v) is 11.2. The predicted molar refractivity (Wildman–Crippen MR) is 120 cm³/mol. The summed E-state index contributed by atoms with van der Waals surface area (Å²) < 4.78 is 1.94. The summed E-state index contributed by atoms with van der Waals surface area (Å²) in [4.78, 5) is 0. The van der Waals surface area contributed by atoms with Gasteiger partial charge in [-0.15, -0.1) is 0 Å². The van der Waals surface area contributed by atoms with E-state index in [0.717, 1.165) is 44.2 Å². The molecule has 0 amide bonds. The lowest BCUT2D eigenvalue weighted by molar-refractivity contribution is -0.0685. The van der Waals surface area contributed by atoms with Crippen molar-refractivity contribution in [3.8, 4) is 0 Å². The topological polar surface area (TPSA) is 58.3 Å². The second-order valence-electron chi connectivity index (χ2n) is 11.2. The number of aliphatic hydroxyl groups is 2. The summed E-state index contributed by atoms with van der Waals surface area (Å²) in [7, 11) is 1.99. The van der Waals surface area contributed by atoms with Crippen molar-refractivity contribution >= 4 is 6.08 Å². The summed E-state index contributed by atoms with van der Waals surface area (Å²) in [6.07, 6.45) is 11.6. The average Bonchev–Trinajstić information content (AvgIpc) is 3.10. The molecule has 5 rings (SSSR count). The lowest BCUT2D eigenvalue weighted by atomic mass is 9.48. The van der Waals surface area contributed by atoms with E-state index in [1.807, 2.05) is 11.7 Å². The number of nitrogens with zero attached hydrogens (tertiary/aromatic N) is 2. The van der Waals surface area contributed by atoms with Crippen LogP contribution in [-0.4, -0.2) is 32.2 Å². The maximum absolute atomic E-state index is 11.5. The van der Waals surface area contributed by atoms with Gasteiger partial charge >= 0.3 is 0 Å². The summed E-state index contributed by atoms with van der Waals surface area (Å²) in [5, 5.41) is 26.3. The van der Waals surface area contributed by atoms with Crippen LogP contribution >= 0.6 is 0 Å². The van der Waals surface area contributed by atoms with E-state index in [9.17, 15) is 10.2 Å². The van der Waals surface area contributed by atoms with Crippen LogP contribution in [0.5, 0.6) is 0 Å². The van der Waals surface area contributed by atoms with Crippen LogP contribution in [-0.2, 0) is 7.05 Å². The number of allylic oxidation sites excluding steroid dienone is 1. The Hall–Kier alpha value is -1.39. The predicted octanol–water partition coefficient (Wildman–Crippen LogP) is 4.71. The SMILES string of the molecule is Cc1nn(C)c(C)c1/C=C1/C[C@H]2[C@@H]3CC=C4C[C@@H](O)CC[C@]4(C)[C@H]3CC[C@]2(C)[C@@H]1O. The molecule has 164 valence electrons. The van der Waals surface area contributed by atoms with Gasteiger partial charge in [-0.05, 0) is 93.6 Å². The van der Waals surface area contributed by atoms with E-state index in [1.54, 1.807) is 0 Å². The fraction of sp³-hybridized carbons (Fsp3) is 0.731. The quantitative estimate of drug-likeness (QED) is 0.659. The first-order valence-electron chi connectivity index (χ1n) is 11.9. The van der Waals surface area contributed by atoms with Gasteiger partial charge in [0.2, 0.25) is 0 Å². The third-order valence-corrected chi connectivity index (χ3v) is 9.84. The Morgan fingerprint density at radius 3 is 2.57 bits per heavy atom. The van der Waals surface area contributed by atoms with Gasteiger partial charge in [0.15, 0.2) is 0 Å². The highest BCUT2D eigenvalue weighted by atomic mass is 16.3. The molecule has 3 fully saturated rings. The van der Waals surface area contributed by atoms with E-state index < -0.39 is 0 Å². The summed E-state index contributed by atoms with van der Waals surface area (Å²) in [6, 6.07) is 0. The lowest BCUT2D eigenvalue weighted by Gasteiger charge is -2.57. The molecule has 0 aromatic carbocycles. The molecule has 2 N–H and O–H groups in total. The molecule has 0 aliphatic heterocycles. The van der Waals surface area contributed by atoms with Crippen LogP contribution in [0.1, 0.15) is 75.7 Å². The van der Waals surface area contributed by atoms with Crippen LogP contribution < -0.4 is 0 Å². The van der Waals surface area contributed by atoms with Crippen molar-refractivity contribution in [3.63, 3.8) is 0 Å². The van der Waals surface area contributed by atoms with Gasteiger partial charge in [-0.3, -0.25) is 4.68 Å². The average molecular weight is 411 g/mol. The number of aryl methyl sites for hydroxylation is 2. The van der Waals surface area contributed by atoms with E-state index in [0.29, 0.717) is 17.8 Å². The van der Waals surface area contributed by atoms with E-state index in [4.69, 9.17) is 0 Å². The van der Waals surface area contributed by atoms with Crippen molar-refractivity contribution in [2.75, 3.05) is 0 Å². The molecule has 1 heterocycles. The summed E-state index contributed by atoms with van der Waals surface area (Å²) in [6.45, 7) is 8.99. The molecule has 1 aromatic heterocycles. The lowest BCUT2D eigenvalue weighted by Crippen LogP contribution is -2.51. The molecule has 0 saturated heterocycles. The molecule has 4 aliphatic carbocycles. The minimum absolute atomic E-state index is 0.0209. The fourth-order valence-electron chi connectivity index (χ4n) is 7.82. The van der Waals surface area contributed by atoms with Gasteiger partial charge in [0.05, 0.1) is 17.9 Å². The molecule has 1 aromatic rings. The molecular weight excluding hydrogens is 372 g/mol. The van der Waals surface area contributed by atoms with E-state index in [-0.39, 0.29) is 23.0 Å². The molecular formula is C26H38N2O2. The van der Waals surface area contributed by atoms with E-state index in [2.05, 4.69) is 44.9 Å². The first-order chi connectivity index (χ1) is 14.1. The van der Waals surface area contributed by atoms with E-state index in [1.165, 1.54) is 28.8 Å². The molecule has 7 atom stereocenters. The highest BCUT2D eigenvalue weighted by Gasteiger charge is 2.59. The number of aromatic nitrogens is 2. The highest BCUT2D eigenvalue weighted by Crippen LogP contribution is 2.65. The van der Waals surface area contributed by atoms with Crippen LogP contribution in [0.3, 0.4) is 0 Å². The summed E-state index contributed by atoms with van der Waals surface area (Å²) >= 11 is 0. The van der Waals surface area contributed by atoms with Crippen LogP contribution in [0.4, 0.5) is 0 Å². The monoisotopic (exact) mass is 410 g/mol. The summed E-state index contributed by atoms with van der Waals surface area (Å²) in [5.41, 5.74) is 6.35. The van der Waals surface area contributed by atoms with Crippen LogP contribution in [0.25, 0.3) is 6.08 Å². The fourth-order valence-corrected chi connectivity index (χ4v) is 7.82. The second kappa shape index (κ2) is 6.80. The molecule has 30 heavy (non-hydrogen) atoms. The standard InChI is InChI=1S/C26H38N2O2/c1-15-21(16(2)28(5)27-15)12-17-13-23-20-7-6-18-14-19(29)8-10-25(18,3)22(20)9-11-26(23,4)24(17)30/h6,12,19-20,22-24,29-30H,7-11,13-14H2,1-5H3/b17-12-/t19-,20+,22-,23-,24+,25-,26-/m0/s1. The largest absolute Gasteiger partial charge is 0.393 e. The normalized spacial score (nSPS) is 44.4. The first kappa shape index (κ1) is 20.5. The van der Waals surface area contributed by atoms with Gasteiger partial charge < -0.3 is 10.2 Å². The van der Waals surface area contributed by atoms with Gasteiger partial charge in [0.25, 0.3) is 0 Å². The minimum Gasteiger partial charge on any atom is -0.393 e. The molecule has 4 aliphatic rings. The Labute approximate surface area is 181 Å². The zero-order valence-corrected chi connectivity index (χ0v) is 19.3. The van der Waals surface area contributed by atoms with Crippen LogP contribution in [0, 0.1) is 42.4 Å². The first-order valence-corrected chi connectivity index (χ1v) is 11.9. The van der Waals surface area contributed by atoms with Crippen molar-refractivity contribution < 1.29 is 10.2 Å². The summed E-state index contributed by atoms with van der Waals surface area (Å²) in [5.74, 6) is 1.87. The molecule has 0 unspecified atom stereocenters. The smallest absolute Gasteiger partial charge is 0.0809 e. The molecule has 3 saturated carbocycles. The Kier molecular flexibility index (Phi) is 4.65. The zero-order valence-electron chi connectivity index (χ0n) is 19.3. The van der Waals surface area contributed by atoms with Crippen molar-refractivity contribution in [1.82, 2.24) is 9.78 Å². The zero-order chi connectivity index (χ0) is 21.4. The van der Waals surface area contributed by atoms with Crippen LogP contribution in [0.15, 0.2) is 17.2 Å². The maximum Gasteiger partial charge on any atom is 0.0809 e. The number of aliphatic hydroxyl groups excluding tert-OH is 2. The highest BCUT2D eigenvalue weighted by molar-refractivity contribution is 5.59. The van der Waals surface area contributed by atoms with Crippen molar-refractivity contribution in [2.24, 2.45) is 35.6 Å². The van der Waals surface area contributed by atoms with Gasteiger partial charge in [-0.2, -0.15) is 5.10 Å². The Bertz CT molecular complexity index is 928. The Morgan fingerprint density at radius 2 is 1.87 bits per heavy atom. The number of hydrogen-bond donors (Lipinski definition) is 2. The van der Waals surface area contributed by atoms with Gasteiger partial charge in [-0.25, -0.2) is 0 Å². The maximum atomic E-state index is 11.5. The van der Waals surface area contributed by atoms with Crippen molar-refractivity contribution in [3.05, 3.63) is 34.2 Å².